The molecule has 96 valence electrons. The summed E-state index contributed by atoms with van der Waals surface area (Å²) in [5.41, 5.74) is 4.72. The van der Waals surface area contributed by atoms with Gasteiger partial charge in [-0.3, -0.25) is 5.84 Å². The van der Waals surface area contributed by atoms with Crippen LogP contribution < -0.4 is 11.3 Å². The third-order valence-electron chi connectivity index (χ3n) is 1.62. The van der Waals surface area contributed by atoms with E-state index in [1.807, 2.05) is 24.3 Å². The number of benzene rings is 1. The fraction of sp³-hybridized carbons (Fsp3) is 0.200. The van der Waals surface area contributed by atoms with Crippen molar-refractivity contribution in [3.8, 4) is 0 Å². The van der Waals surface area contributed by atoms with Crippen LogP contribution in [0.25, 0.3) is 6.08 Å². The third kappa shape index (κ3) is 11.1. The molecule has 0 aliphatic rings. The van der Waals surface area contributed by atoms with Crippen molar-refractivity contribution in [1.29, 1.82) is 0 Å². The van der Waals surface area contributed by atoms with Gasteiger partial charge in [0, 0.05) is 5.69 Å². The summed E-state index contributed by atoms with van der Waals surface area (Å²) >= 11 is 0. The SMILES string of the molecule is CCC=Cc1ccc(NN)cc1.O=P(O)(O)O. The molecule has 6 N–H and O–H groups in total. The molecule has 0 heterocycles. The minimum Gasteiger partial charge on any atom is -0.324 e. The summed E-state index contributed by atoms with van der Waals surface area (Å²) < 4.78 is 8.88. The normalized spacial score (nSPS) is 10.9. The number of allylic oxidation sites excluding steroid dienone is 1. The van der Waals surface area contributed by atoms with Crippen molar-refractivity contribution >= 4 is 19.6 Å². The van der Waals surface area contributed by atoms with Gasteiger partial charge in [0.2, 0.25) is 0 Å². The fourth-order valence-electron chi connectivity index (χ4n) is 0.944. The smallest absolute Gasteiger partial charge is 0.324 e. The van der Waals surface area contributed by atoms with Crippen molar-refractivity contribution in [2.45, 2.75) is 13.3 Å². The second kappa shape index (κ2) is 8.00. The maximum Gasteiger partial charge on any atom is 0.466 e. The zero-order valence-corrected chi connectivity index (χ0v) is 10.3. The number of anilines is 1. The van der Waals surface area contributed by atoms with Crippen LogP contribution in [-0.2, 0) is 4.57 Å². The minimum atomic E-state index is -4.64. The summed E-state index contributed by atoms with van der Waals surface area (Å²) in [6, 6.07) is 7.97. The number of nitrogens with two attached hydrogens (primary N) is 1. The highest BCUT2D eigenvalue weighted by Gasteiger charge is 2.00. The van der Waals surface area contributed by atoms with Gasteiger partial charge in [0.25, 0.3) is 0 Å². The van der Waals surface area contributed by atoms with Gasteiger partial charge in [0.1, 0.15) is 0 Å². The van der Waals surface area contributed by atoms with Gasteiger partial charge in [-0.05, 0) is 24.1 Å². The van der Waals surface area contributed by atoms with E-state index in [9.17, 15) is 0 Å². The zero-order chi connectivity index (χ0) is 13.3. The molecule has 0 atom stereocenters. The number of nitrogen functional groups attached to an aromatic ring is 1. The number of hydrogen-bond acceptors (Lipinski definition) is 3. The van der Waals surface area contributed by atoms with E-state index in [2.05, 4.69) is 24.5 Å². The molecule has 0 saturated heterocycles. The van der Waals surface area contributed by atoms with Crippen LogP contribution in [0.1, 0.15) is 18.9 Å². The molecule has 0 radical (unpaired) electrons. The van der Waals surface area contributed by atoms with Crippen molar-refractivity contribution < 1.29 is 19.2 Å². The number of nitrogens with one attached hydrogen (secondary N) is 1. The summed E-state index contributed by atoms with van der Waals surface area (Å²) in [6.07, 6.45) is 5.29. The van der Waals surface area contributed by atoms with Gasteiger partial charge >= 0.3 is 7.82 Å². The Balaban J connectivity index is 0.000000437. The summed E-state index contributed by atoms with van der Waals surface area (Å²) in [4.78, 5) is 21.6. The lowest BCUT2D eigenvalue weighted by Gasteiger charge is -1.98. The molecular formula is C10H17N2O4P. The molecule has 0 amide bonds. The van der Waals surface area contributed by atoms with E-state index in [0.717, 1.165) is 12.1 Å². The maximum absolute atomic E-state index is 8.88. The average Bonchev–Trinajstić information content (AvgIpc) is 2.25. The van der Waals surface area contributed by atoms with E-state index in [4.69, 9.17) is 25.1 Å². The second-order valence-corrected chi connectivity index (χ2v) is 4.12. The Labute approximate surface area is 100.0 Å². The van der Waals surface area contributed by atoms with Crippen LogP contribution in [0, 0.1) is 0 Å². The average molecular weight is 260 g/mol. The molecule has 17 heavy (non-hydrogen) atoms. The predicted molar refractivity (Wildman–Crippen MR) is 67.8 cm³/mol. The van der Waals surface area contributed by atoms with Gasteiger partial charge in [-0.25, -0.2) is 4.57 Å². The monoisotopic (exact) mass is 260 g/mol. The second-order valence-electron chi connectivity index (χ2n) is 3.09. The van der Waals surface area contributed by atoms with Crippen LogP contribution in [0.15, 0.2) is 30.3 Å². The molecule has 0 fully saturated rings. The molecule has 0 aromatic heterocycles. The number of hydrogen-bond donors (Lipinski definition) is 5. The Morgan fingerprint density at radius 1 is 1.29 bits per heavy atom. The predicted octanol–water partition coefficient (Wildman–Crippen LogP) is 1.47. The van der Waals surface area contributed by atoms with Gasteiger partial charge in [-0.15, -0.1) is 0 Å². The maximum atomic E-state index is 8.88. The number of phosphoric acid groups is 1. The van der Waals surface area contributed by atoms with Crippen molar-refractivity contribution in [2.75, 3.05) is 5.43 Å². The van der Waals surface area contributed by atoms with E-state index in [1.165, 1.54) is 5.56 Å². The van der Waals surface area contributed by atoms with E-state index >= 15 is 0 Å². The highest BCUT2D eigenvalue weighted by Crippen LogP contribution is 2.25. The van der Waals surface area contributed by atoms with Gasteiger partial charge < -0.3 is 20.1 Å². The van der Waals surface area contributed by atoms with Gasteiger partial charge in [0.15, 0.2) is 0 Å². The van der Waals surface area contributed by atoms with Gasteiger partial charge in [0.05, 0.1) is 0 Å². The molecule has 1 aromatic carbocycles. The molecular weight excluding hydrogens is 243 g/mol. The molecule has 1 aromatic rings. The fourth-order valence-corrected chi connectivity index (χ4v) is 0.944. The van der Waals surface area contributed by atoms with Crippen LogP contribution in [0.4, 0.5) is 5.69 Å². The lowest BCUT2D eigenvalue weighted by molar-refractivity contribution is 0.275. The molecule has 0 unspecified atom stereocenters. The van der Waals surface area contributed by atoms with Crippen LogP contribution >= 0.6 is 7.82 Å². The first kappa shape index (κ1) is 15.8. The van der Waals surface area contributed by atoms with Crippen LogP contribution in [-0.4, -0.2) is 14.7 Å². The third-order valence-corrected chi connectivity index (χ3v) is 1.62. The van der Waals surface area contributed by atoms with Crippen molar-refractivity contribution in [3.05, 3.63) is 35.9 Å². The Bertz CT molecular complexity index is 378. The van der Waals surface area contributed by atoms with Gasteiger partial charge in [-0.1, -0.05) is 31.2 Å². The van der Waals surface area contributed by atoms with E-state index < -0.39 is 7.82 Å². The summed E-state index contributed by atoms with van der Waals surface area (Å²) in [7, 11) is -4.64. The Hall–Kier alpha value is -1.17. The Kier molecular flexibility index (Phi) is 7.45. The lowest BCUT2D eigenvalue weighted by Crippen LogP contribution is -2.05. The summed E-state index contributed by atoms with van der Waals surface area (Å²) in [6.45, 7) is 2.12. The lowest BCUT2D eigenvalue weighted by atomic mass is 10.2. The highest BCUT2D eigenvalue weighted by atomic mass is 31.2. The summed E-state index contributed by atoms with van der Waals surface area (Å²) in [5.74, 6) is 5.23. The van der Waals surface area contributed by atoms with Crippen LogP contribution in [0.3, 0.4) is 0 Å². The highest BCUT2D eigenvalue weighted by molar-refractivity contribution is 7.45. The molecule has 0 saturated carbocycles. The van der Waals surface area contributed by atoms with Crippen LogP contribution in [0.5, 0.6) is 0 Å². The molecule has 0 spiro atoms. The Morgan fingerprint density at radius 2 is 1.76 bits per heavy atom. The zero-order valence-electron chi connectivity index (χ0n) is 9.45. The molecule has 7 heteroatoms. The molecule has 0 bridgehead atoms. The quantitative estimate of drug-likeness (QED) is 0.319. The van der Waals surface area contributed by atoms with E-state index in [-0.39, 0.29) is 0 Å². The summed E-state index contributed by atoms with van der Waals surface area (Å²) in [5, 5.41) is 0. The molecule has 6 nitrogen and oxygen atoms in total. The first-order valence-electron chi connectivity index (χ1n) is 4.88. The van der Waals surface area contributed by atoms with E-state index in [1.54, 1.807) is 0 Å². The first-order valence-corrected chi connectivity index (χ1v) is 6.45. The largest absolute Gasteiger partial charge is 0.466 e. The minimum absolute atomic E-state index is 0.934. The number of hydrazine groups is 1. The standard InChI is InChI=1S/C10H14N2.H3O4P/c1-2-3-4-9-5-7-10(12-11)8-6-9;1-5(2,3)4/h3-8,12H,2,11H2,1H3;(H3,1,2,3,4). The topological polar surface area (TPSA) is 116 Å². The first-order chi connectivity index (χ1) is 7.86. The number of rotatable bonds is 3. The van der Waals surface area contributed by atoms with Crippen molar-refractivity contribution in [2.24, 2.45) is 5.84 Å². The molecule has 1 rings (SSSR count). The molecule has 0 aliphatic heterocycles. The van der Waals surface area contributed by atoms with Gasteiger partial charge in [-0.2, -0.15) is 0 Å². The van der Waals surface area contributed by atoms with Crippen molar-refractivity contribution in [3.63, 3.8) is 0 Å². The Morgan fingerprint density at radius 3 is 2.12 bits per heavy atom. The van der Waals surface area contributed by atoms with E-state index in [0.29, 0.717) is 0 Å². The van der Waals surface area contributed by atoms with Crippen molar-refractivity contribution in [1.82, 2.24) is 0 Å². The van der Waals surface area contributed by atoms with Crippen LogP contribution in [0.2, 0.25) is 0 Å². The molecule has 0 aliphatic carbocycles.